The number of carbonyl (C=O) groups excluding carboxylic acids is 1. The van der Waals surface area contributed by atoms with Crippen molar-refractivity contribution in [2.75, 3.05) is 11.9 Å². The van der Waals surface area contributed by atoms with Crippen LogP contribution in [-0.2, 0) is 0 Å². The van der Waals surface area contributed by atoms with Crippen molar-refractivity contribution in [2.45, 2.75) is 64.3 Å². The molecule has 0 unspecified atom stereocenters. The minimum Gasteiger partial charge on any atom is -0.367 e. The topological polar surface area (TPSA) is 75.9 Å². The molecule has 162 valence electrons. The Labute approximate surface area is 172 Å². The molecule has 0 radical (unpaired) electrons. The van der Waals surface area contributed by atoms with E-state index >= 15 is 0 Å². The van der Waals surface area contributed by atoms with Gasteiger partial charge in [0, 0.05) is 24.8 Å². The Morgan fingerprint density at radius 1 is 1.27 bits per heavy atom. The van der Waals surface area contributed by atoms with Gasteiger partial charge in [0.2, 0.25) is 0 Å². The van der Waals surface area contributed by atoms with Crippen molar-refractivity contribution in [3.8, 4) is 0 Å². The Balaban J connectivity index is 1.64. The number of likely N-dealkylation sites (tertiary alicyclic amines) is 1. The Kier molecular flexibility index (Phi) is 5.19. The van der Waals surface area contributed by atoms with Crippen LogP contribution < -0.4 is 5.32 Å². The molecular formula is C20H25F3N6O. The van der Waals surface area contributed by atoms with Gasteiger partial charge in [-0.3, -0.25) is 9.78 Å². The van der Waals surface area contributed by atoms with E-state index in [-0.39, 0.29) is 36.0 Å². The summed E-state index contributed by atoms with van der Waals surface area (Å²) in [5.74, 6) is 0.120. The van der Waals surface area contributed by atoms with Crippen LogP contribution in [0.1, 0.15) is 67.1 Å². The fourth-order valence-electron chi connectivity index (χ4n) is 4.19. The van der Waals surface area contributed by atoms with Crippen LogP contribution in [0, 0.1) is 12.8 Å². The first-order chi connectivity index (χ1) is 14.1. The highest BCUT2D eigenvalue weighted by Gasteiger charge is 2.47. The number of anilines is 1. The van der Waals surface area contributed by atoms with Gasteiger partial charge < -0.3 is 10.2 Å². The molecule has 0 saturated carbocycles. The zero-order chi connectivity index (χ0) is 21.6. The van der Waals surface area contributed by atoms with E-state index in [1.807, 2.05) is 13.8 Å². The second-order valence-corrected chi connectivity index (χ2v) is 8.39. The van der Waals surface area contributed by atoms with Gasteiger partial charge in [-0.2, -0.15) is 18.3 Å². The zero-order valence-corrected chi connectivity index (χ0v) is 17.1. The van der Waals surface area contributed by atoms with Gasteiger partial charge >= 0.3 is 6.18 Å². The van der Waals surface area contributed by atoms with Crippen molar-refractivity contribution in [3.63, 3.8) is 0 Å². The number of amides is 1. The third kappa shape index (κ3) is 3.75. The van der Waals surface area contributed by atoms with Crippen LogP contribution in [-0.4, -0.2) is 49.3 Å². The molecule has 2 aromatic heterocycles. The Hall–Kier alpha value is -2.65. The predicted octanol–water partition coefficient (Wildman–Crippen LogP) is 3.90. The Morgan fingerprint density at radius 3 is 2.67 bits per heavy atom. The molecule has 2 aliphatic rings. The van der Waals surface area contributed by atoms with Gasteiger partial charge in [-0.1, -0.05) is 13.8 Å². The molecule has 2 aliphatic heterocycles. The first-order valence-electron chi connectivity index (χ1n) is 10.2. The van der Waals surface area contributed by atoms with Gasteiger partial charge in [0.05, 0.1) is 23.6 Å². The lowest BCUT2D eigenvalue weighted by molar-refractivity contribution is -0.174. The molecule has 7 nitrogen and oxygen atoms in total. The maximum absolute atomic E-state index is 13.7. The quantitative estimate of drug-likeness (QED) is 0.812. The fraction of sp³-hybridized carbons (Fsp3) is 0.600. The molecular weight excluding hydrogens is 397 g/mol. The van der Waals surface area contributed by atoms with Crippen molar-refractivity contribution < 1.29 is 18.0 Å². The van der Waals surface area contributed by atoms with Gasteiger partial charge in [0.1, 0.15) is 11.5 Å². The van der Waals surface area contributed by atoms with Gasteiger partial charge in [-0.05, 0) is 32.1 Å². The van der Waals surface area contributed by atoms with Crippen molar-refractivity contribution in [3.05, 3.63) is 35.5 Å². The van der Waals surface area contributed by atoms with E-state index in [0.717, 1.165) is 11.1 Å². The number of rotatable bonds is 3. The average molecular weight is 422 g/mol. The number of aryl methyl sites for hydroxylation is 1. The lowest BCUT2D eigenvalue weighted by Gasteiger charge is -2.35. The highest BCUT2D eigenvalue weighted by atomic mass is 19.4. The highest BCUT2D eigenvalue weighted by Crippen LogP contribution is 2.42. The molecule has 4 heterocycles. The first-order valence-corrected chi connectivity index (χ1v) is 10.2. The lowest BCUT2D eigenvalue weighted by atomic mass is 9.94. The van der Waals surface area contributed by atoms with Crippen LogP contribution in [0.15, 0.2) is 18.5 Å². The standard InChI is InChI=1S/C20H25F3N6O/c1-11(2)13-7-17(20(21,22)23)29-18(26-13)8-14(27-29)16-5-4-6-28(16)19(30)15-10-24-12(3)9-25-15/h8-11,13,16-17,26H,4-7H2,1-3H3/t13-,16+,17+/m0/s1. The summed E-state index contributed by atoms with van der Waals surface area (Å²) < 4.78 is 42.2. The number of hydrogen-bond acceptors (Lipinski definition) is 5. The Bertz CT molecular complexity index is 924. The minimum absolute atomic E-state index is 0.0478. The van der Waals surface area contributed by atoms with Crippen LogP contribution in [0.5, 0.6) is 0 Å². The van der Waals surface area contributed by atoms with E-state index in [2.05, 4.69) is 20.4 Å². The van der Waals surface area contributed by atoms with E-state index in [9.17, 15) is 18.0 Å². The molecule has 1 N–H and O–H groups in total. The largest absolute Gasteiger partial charge is 0.410 e. The molecule has 0 bridgehead atoms. The monoisotopic (exact) mass is 422 g/mol. The molecule has 1 fully saturated rings. The number of fused-ring (bicyclic) bond motifs is 1. The SMILES string of the molecule is Cc1cnc(C(=O)N2CCC[C@@H]2c2cc3n(n2)[C@@H](C(F)(F)F)C[C@@H](C(C)C)N3)cn1. The maximum atomic E-state index is 13.7. The smallest absolute Gasteiger partial charge is 0.367 e. The van der Waals surface area contributed by atoms with E-state index in [0.29, 0.717) is 30.2 Å². The van der Waals surface area contributed by atoms with Crippen molar-refractivity contribution in [1.29, 1.82) is 0 Å². The zero-order valence-electron chi connectivity index (χ0n) is 17.1. The number of halogens is 3. The third-order valence-corrected chi connectivity index (χ3v) is 5.90. The molecule has 0 aliphatic carbocycles. The molecule has 4 rings (SSSR count). The number of aromatic nitrogens is 4. The van der Waals surface area contributed by atoms with Gasteiger partial charge in [0.15, 0.2) is 6.04 Å². The van der Waals surface area contributed by atoms with Gasteiger partial charge in [-0.15, -0.1) is 0 Å². The predicted molar refractivity (Wildman–Crippen MR) is 104 cm³/mol. The van der Waals surface area contributed by atoms with Gasteiger partial charge in [-0.25, -0.2) is 9.67 Å². The van der Waals surface area contributed by atoms with Crippen LogP contribution >= 0.6 is 0 Å². The summed E-state index contributed by atoms with van der Waals surface area (Å²) in [5.41, 5.74) is 1.40. The second kappa shape index (κ2) is 7.55. The summed E-state index contributed by atoms with van der Waals surface area (Å²) >= 11 is 0. The number of nitrogens with one attached hydrogen (secondary N) is 1. The van der Waals surface area contributed by atoms with Gasteiger partial charge in [0.25, 0.3) is 5.91 Å². The number of nitrogens with zero attached hydrogens (tertiary/aromatic N) is 5. The molecule has 3 atom stereocenters. The number of alkyl halides is 3. The van der Waals surface area contributed by atoms with E-state index in [1.165, 1.54) is 12.4 Å². The van der Waals surface area contributed by atoms with Crippen LogP contribution in [0.4, 0.5) is 19.0 Å². The third-order valence-electron chi connectivity index (χ3n) is 5.90. The molecule has 0 spiro atoms. The molecule has 0 aromatic carbocycles. The lowest BCUT2D eigenvalue weighted by Crippen LogP contribution is -2.41. The second-order valence-electron chi connectivity index (χ2n) is 8.39. The normalized spacial score (nSPS) is 24.1. The molecule has 1 amide bonds. The van der Waals surface area contributed by atoms with E-state index in [4.69, 9.17) is 0 Å². The van der Waals surface area contributed by atoms with Crippen LogP contribution in [0.2, 0.25) is 0 Å². The Morgan fingerprint density at radius 2 is 2.03 bits per heavy atom. The fourth-order valence-corrected chi connectivity index (χ4v) is 4.19. The summed E-state index contributed by atoms with van der Waals surface area (Å²) in [4.78, 5) is 22.8. The van der Waals surface area contributed by atoms with E-state index in [1.54, 1.807) is 17.9 Å². The summed E-state index contributed by atoms with van der Waals surface area (Å²) in [6.07, 6.45) is -0.108. The van der Waals surface area contributed by atoms with Crippen molar-refractivity contribution in [2.24, 2.45) is 5.92 Å². The molecule has 2 aromatic rings. The molecule has 10 heteroatoms. The maximum Gasteiger partial charge on any atom is 0.410 e. The van der Waals surface area contributed by atoms with Crippen LogP contribution in [0.25, 0.3) is 0 Å². The summed E-state index contributed by atoms with van der Waals surface area (Å²) in [6, 6.07) is -0.696. The number of hydrogen-bond donors (Lipinski definition) is 1. The number of carbonyl (C=O) groups is 1. The van der Waals surface area contributed by atoms with E-state index < -0.39 is 12.2 Å². The van der Waals surface area contributed by atoms with Crippen LogP contribution in [0.3, 0.4) is 0 Å². The minimum atomic E-state index is -4.39. The molecule has 1 saturated heterocycles. The summed E-state index contributed by atoms with van der Waals surface area (Å²) in [6.45, 7) is 6.09. The molecule has 30 heavy (non-hydrogen) atoms. The highest BCUT2D eigenvalue weighted by molar-refractivity contribution is 5.92. The summed E-state index contributed by atoms with van der Waals surface area (Å²) in [7, 11) is 0. The average Bonchev–Trinajstić information content (AvgIpc) is 3.32. The van der Waals surface area contributed by atoms with Crippen molar-refractivity contribution >= 4 is 11.7 Å². The first kappa shape index (κ1) is 20.6. The summed E-state index contributed by atoms with van der Waals surface area (Å²) in [5, 5.41) is 7.52. The van der Waals surface area contributed by atoms with Crippen molar-refractivity contribution in [1.82, 2.24) is 24.6 Å².